The van der Waals surface area contributed by atoms with Gasteiger partial charge in [-0.2, -0.15) is 0 Å². The fraction of sp³-hybridized carbons (Fsp3) is 0.250. The second-order valence-electron chi connectivity index (χ2n) is 3.98. The van der Waals surface area contributed by atoms with Crippen LogP contribution in [0.15, 0.2) is 24.3 Å². The van der Waals surface area contributed by atoms with E-state index in [0.717, 1.165) is 16.9 Å². The van der Waals surface area contributed by atoms with Crippen molar-refractivity contribution in [3.05, 3.63) is 30.1 Å². The highest BCUT2D eigenvalue weighted by atomic mass is 16.2. The van der Waals surface area contributed by atoms with Gasteiger partial charge in [-0.3, -0.25) is 9.59 Å². The first-order chi connectivity index (χ1) is 8.58. The summed E-state index contributed by atoms with van der Waals surface area (Å²) in [5, 5.41) is 2.45. The van der Waals surface area contributed by atoms with E-state index in [1.54, 1.807) is 4.57 Å². The maximum Gasteiger partial charge on any atom is 0.240 e. The Balaban J connectivity index is 2.18. The molecule has 2 amide bonds. The molecule has 2 rings (SSSR count). The first kappa shape index (κ1) is 12.1. The monoisotopic (exact) mass is 246 g/mol. The Bertz CT molecular complexity index is 603. The number of hydrogen-bond donors (Lipinski definition) is 2. The summed E-state index contributed by atoms with van der Waals surface area (Å²) in [6.45, 7) is 1.81. The van der Waals surface area contributed by atoms with Crippen LogP contribution in [-0.2, 0) is 16.1 Å². The van der Waals surface area contributed by atoms with Crippen LogP contribution in [0.4, 0.5) is 0 Å². The van der Waals surface area contributed by atoms with Gasteiger partial charge < -0.3 is 15.6 Å². The van der Waals surface area contributed by atoms with E-state index in [1.807, 2.05) is 31.2 Å². The highest BCUT2D eigenvalue weighted by molar-refractivity contribution is 5.85. The lowest BCUT2D eigenvalue weighted by molar-refractivity contribution is -0.125. The second-order valence-corrected chi connectivity index (χ2v) is 3.98. The lowest BCUT2D eigenvalue weighted by atomic mass is 10.3. The van der Waals surface area contributed by atoms with Crippen molar-refractivity contribution in [1.82, 2.24) is 14.9 Å². The molecule has 0 aliphatic heterocycles. The van der Waals surface area contributed by atoms with Gasteiger partial charge >= 0.3 is 0 Å². The predicted molar refractivity (Wildman–Crippen MR) is 66.7 cm³/mol. The molecule has 0 bridgehead atoms. The summed E-state index contributed by atoms with van der Waals surface area (Å²) in [5.41, 5.74) is 6.70. The minimum atomic E-state index is -0.560. The van der Waals surface area contributed by atoms with Crippen LogP contribution >= 0.6 is 0 Å². The molecule has 6 heteroatoms. The minimum Gasteiger partial charge on any atom is -0.368 e. The molecular formula is C12H14N4O2. The fourth-order valence-corrected chi connectivity index (χ4v) is 1.78. The number of hydrogen-bond acceptors (Lipinski definition) is 3. The van der Waals surface area contributed by atoms with Crippen molar-refractivity contribution >= 4 is 22.8 Å². The number of carbonyl (C=O) groups is 2. The molecule has 0 radical (unpaired) electrons. The minimum absolute atomic E-state index is 0.125. The molecule has 3 N–H and O–H groups in total. The number of aromatic nitrogens is 2. The van der Waals surface area contributed by atoms with Gasteiger partial charge in [0.15, 0.2) is 0 Å². The third kappa shape index (κ3) is 2.48. The molecule has 0 spiro atoms. The van der Waals surface area contributed by atoms with Crippen LogP contribution in [0.5, 0.6) is 0 Å². The SMILES string of the molecule is Cc1nc2ccccc2n1CC(=O)NCC(N)=O. The van der Waals surface area contributed by atoms with Gasteiger partial charge in [0.2, 0.25) is 11.8 Å². The zero-order valence-corrected chi connectivity index (χ0v) is 10.0. The van der Waals surface area contributed by atoms with Gasteiger partial charge in [0.25, 0.3) is 0 Å². The molecular weight excluding hydrogens is 232 g/mol. The summed E-state index contributed by atoms with van der Waals surface area (Å²) in [4.78, 5) is 26.6. The number of fused-ring (bicyclic) bond motifs is 1. The largest absolute Gasteiger partial charge is 0.368 e. The van der Waals surface area contributed by atoms with Gasteiger partial charge in [-0.25, -0.2) is 4.98 Å². The number of carbonyl (C=O) groups excluding carboxylic acids is 2. The molecule has 0 aliphatic carbocycles. The van der Waals surface area contributed by atoms with Crippen molar-refractivity contribution < 1.29 is 9.59 Å². The van der Waals surface area contributed by atoms with Crippen LogP contribution in [0.3, 0.4) is 0 Å². The number of nitrogens with two attached hydrogens (primary N) is 1. The Morgan fingerprint density at radius 1 is 1.39 bits per heavy atom. The van der Waals surface area contributed by atoms with Gasteiger partial charge in [0, 0.05) is 0 Å². The standard InChI is InChI=1S/C12H14N4O2/c1-8-15-9-4-2-3-5-10(9)16(8)7-12(18)14-6-11(13)17/h2-5H,6-7H2,1H3,(H2,13,17)(H,14,18). The summed E-state index contributed by atoms with van der Waals surface area (Å²) in [6, 6.07) is 7.57. The molecule has 0 fully saturated rings. The van der Waals surface area contributed by atoms with E-state index in [4.69, 9.17) is 5.73 Å². The molecule has 0 saturated carbocycles. The second kappa shape index (κ2) is 4.87. The number of imidazole rings is 1. The molecule has 2 aromatic rings. The number of benzene rings is 1. The number of nitrogens with zero attached hydrogens (tertiary/aromatic N) is 2. The first-order valence-corrected chi connectivity index (χ1v) is 5.55. The van der Waals surface area contributed by atoms with Crippen molar-refractivity contribution in [2.75, 3.05) is 6.54 Å². The van der Waals surface area contributed by atoms with Crippen molar-refractivity contribution in [1.29, 1.82) is 0 Å². The third-order valence-electron chi connectivity index (χ3n) is 2.61. The Kier molecular flexibility index (Phi) is 3.27. The topological polar surface area (TPSA) is 90.0 Å². The van der Waals surface area contributed by atoms with Crippen LogP contribution in [0.1, 0.15) is 5.82 Å². The molecule has 18 heavy (non-hydrogen) atoms. The van der Waals surface area contributed by atoms with E-state index in [2.05, 4.69) is 10.3 Å². The predicted octanol–water partition coefficient (Wildman–Crippen LogP) is -0.0538. The number of para-hydroxylation sites is 2. The van der Waals surface area contributed by atoms with E-state index < -0.39 is 5.91 Å². The Hall–Kier alpha value is -2.37. The van der Waals surface area contributed by atoms with Crippen LogP contribution in [-0.4, -0.2) is 27.9 Å². The summed E-state index contributed by atoms with van der Waals surface area (Å²) >= 11 is 0. The average Bonchev–Trinajstić information content (AvgIpc) is 2.64. The Morgan fingerprint density at radius 2 is 2.11 bits per heavy atom. The molecule has 6 nitrogen and oxygen atoms in total. The van der Waals surface area contributed by atoms with Gasteiger partial charge in [-0.05, 0) is 19.1 Å². The number of amides is 2. The van der Waals surface area contributed by atoms with Gasteiger partial charge in [0.05, 0.1) is 17.6 Å². The lowest BCUT2D eigenvalue weighted by Crippen LogP contribution is -2.35. The maximum absolute atomic E-state index is 11.6. The molecule has 0 unspecified atom stereocenters. The van der Waals surface area contributed by atoms with E-state index in [9.17, 15) is 9.59 Å². The lowest BCUT2D eigenvalue weighted by Gasteiger charge is -2.06. The van der Waals surface area contributed by atoms with Crippen molar-refractivity contribution in [2.45, 2.75) is 13.5 Å². The molecule has 0 aliphatic rings. The summed E-state index contributed by atoms with van der Waals surface area (Å²) < 4.78 is 1.80. The summed E-state index contributed by atoms with van der Waals surface area (Å²) in [6.07, 6.45) is 0. The van der Waals surface area contributed by atoms with E-state index in [-0.39, 0.29) is 19.0 Å². The third-order valence-corrected chi connectivity index (χ3v) is 2.61. The van der Waals surface area contributed by atoms with Gasteiger partial charge in [-0.1, -0.05) is 12.1 Å². The first-order valence-electron chi connectivity index (χ1n) is 5.55. The molecule has 1 heterocycles. The molecule has 0 atom stereocenters. The highest BCUT2D eigenvalue weighted by Gasteiger charge is 2.10. The summed E-state index contributed by atoms with van der Waals surface area (Å²) in [7, 11) is 0. The average molecular weight is 246 g/mol. The number of rotatable bonds is 4. The van der Waals surface area contributed by atoms with Gasteiger partial charge in [0.1, 0.15) is 12.4 Å². The van der Waals surface area contributed by atoms with E-state index >= 15 is 0 Å². The summed E-state index contributed by atoms with van der Waals surface area (Å²) in [5.74, 6) is -0.0685. The number of primary amides is 1. The van der Waals surface area contributed by atoms with E-state index in [1.165, 1.54) is 0 Å². The number of aryl methyl sites for hydroxylation is 1. The van der Waals surface area contributed by atoms with Crippen molar-refractivity contribution in [3.63, 3.8) is 0 Å². The number of nitrogens with one attached hydrogen (secondary N) is 1. The normalized spacial score (nSPS) is 10.5. The molecule has 0 saturated heterocycles. The van der Waals surface area contributed by atoms with Crippen LogP contribution in [0.25, 0.3) is 11.0 Å². The van der Waals surface area contributed by atoms with Crippen LogP contribution in [0, 0.1) is 6.92 Å². The van der Waals surface area contributed by atoms with Crippen LogP contribution in [0.2, 0.25) is 0 Å². The van der Waals surface area contributed by atoms with Crippen molar-refractivity contribution in [2.24, 2.45) is 5.73 Å². The zero-order chi connectivity index (χ0) is 13.1. The van der Waals surface area contributed by atoms with E-state index in [0.29, 0.717) is 0 Å². The fourth-order valence-electron chi connectivity index (χ4n) is 1.78. The highest BCUT2D eigenvalue weighted by Crippen LogP contribution is 2.14. The molecule has 1 aromatic carbocycles. The molecule has 94 valence electrons. The zero-order valence-electron chi connectivity index (χ0n) is 10.0. The smallest absolute Gasteiger partial charge is 0.240 e. The Morgan fingerprint density at radius 3 is 2.83 bits per heavy atom. The Labute approximate surface area is 104 Å². The van der Waals surface area contributed by atoms with Crippen LogP contribution < -0.4 is 11.1 Å². The van der Waals surface area contributed by atoms with Gasteiger partial charge in [-0.15, -0.1) is 0 Å². The van der Waals surface area contributed by atoms with Crippen molar-refractivity contribution in [3.8, 4) is 0 Å². The quantitative estimate of drug-likeness (QED) is 0.792. The molecule has 1 aromatic heterocycles. The maximum atomic E-state index is 11.6.